The van der Waals surface area contributed by atoms with Crippen LogP contribution in [0.15, 0.2) is 33.8 Å². The van der Waals surface area contributed by atoms with E-state index in [1.54, 1.807) is 43.5 Å². The third-order valence-electron chi connectivity index (χ3n) is 3.97. The van der Waals surface area contributed by atoms with Crippen LogP contribution in [0.4, 0.5) is 0 Å². The van der Waals surface area contributed by atoms with Crippen LogP contribution in [0.1, 0.15) is 28.5 Å². The Morgan fingerprint density at radius 2 is 2.22 bits per heavy atom. The van der Waals surface area contributed by atoms with Crippen molar-refractivity contribution in [2.75, 3.05) is 7.05 Å². The van der Waals surface area contributed by atoms with Crippen molar-refractivity contribution in [3.8, 4) is 0 Å². The summed E-state index contributed by atoms with van der Waals surface area (Å²) < 4.78 is 6.46. The second-order valence-corrected chi connectivity index (χ2v) is 5.52. The lowest BCUT2D eigenvalue weighted by atomic mass is 10.1. The van der Waals surface area contributed by atoms with E-state index in [1.165, 1.54) is 4.57 Å². The van der Waals surface area contributed by atoms with Crippen LogP contribution in [0.3, 0.4) is 0 Å². The lowest BCUT2D eigenvalue weighted by Gasteiger charge is -2.16. The third-order valence-corrected chi connectivity index (χ3v) is 3.97. The number of amides is 1. The number of H-pyrrole nitrogens is 1. The molecule has 0 bridgehead atoms. The third kappa shape index (κ3) is 2.65. The zero-order valence-corrected chi connectivity index (χ0v) is 13.3. The summed E-state index contributed by atoms with van der Waals surface area (Å²) in [5.41, 5.74) is 3.50. The van der Waals surface area contributed by atoms with Gasteiger partial charge in [0.15, 0.2) is 0 Å². The molecule has 0 aliphatic carbocycles. The van der Waals surface area contributed by atoms with Crippen molar-refractivity contribution < 1.29 is 9.32 Å². The molecule has 0 spiro atoms. The molecule has 1 aromatic carbocycles. The van der Waals surface area contributed by atoms with E-state index in [0.717, 1.165) is 17.7 Å². The topological polar surface area (TPSA) is 84.1 Å². The Hall–Kier alpha value is -2.83. The molecule has 0 saturated carbocycles. The summed E-state index contributed by atoms with van der Waals surface area (Å²) in [6, 6.07) is 5.18. The van der Waals surface area contributed by atoms with Gasteiger partial charge in [0.05, 0.1) is 23.3 Å². The number of nitrogens with one attached hydrogen (secondary N) is 1. The summed E-state index contributed by atoms with van der Waals surface area (Å²) in [5, 5.41) is 3.92. The highest BCUT2D eigenvalue weighted by Gasteiger charge is 2.16. The molecular formula is C16H18N4O3. The van der Waals surface area contributed by atoms with E-state index in [-0.39, 0.29) is 11.6 Å². The van der Waals surface area contributed by atoms with Crippen LogP contribution in [0.5, 0.6) is 0 Å². The molecule has 0 fully saturated rings. The lowest BCUT2D eigenvalue weighted by Crippen LogP contribution is -2.26. The van der Waals surface area contributed by atoms with Crippen molar-refractivity contribution in [1.29, 1.82) is 0 Å². The first-order valence-corrected chi connectivity index (χ1v) is 7.37. The van der Waals surface area contributed by atoms with Crippen LogP contribution in [-0.2, 0) is 20.0 Å². The lowest BCUT2D eigenvalue weighted by molar-refractivity contribution is 0.0785. The van der Waals surface area contributed by atoms with Crippen LogP contribution in [-0.4, -0.2) is 32.6 Å². The summed E-state index contributed by atoms with van der Waals surface area (Å²) >= 11 is 0. The Labute approximate surface area is 132 Å². The normalized spacial score (nSPS) is 11.1. The van der Waals surface area contributed by atoms with E-state index in [1.807, 2.05) is 6.92 Å². The molecule has 1 N–H and O–H groups in total. The highest BCUT2D eigenvalue weighted by Crippen LogP contribution is 2.16. The zero-order chi connectivity index (χ0) is 16.6. The monoisotopic (exact) mass is 314 g/mol. The van der Waals surface area contributed by atoms with Crippen molar-refractivity contribution in [1.82, 2.24) is 19.6 Å². The number of carbonyl (C=O) groups excluding carboxylic acids is 1. The Morgan fingerprint density at radius 1 is 1.43 bits per heavy atom. The molecule has 1 amide bonds. The van der Waals surface area contributed by atoms with Gasteiger partial charge in [0, 0.05) is 25.2 Å². The van der Waals surface area contributed by atoms with Crippen molar-refractivity contribution in [3.63, 3.8) is 0 Å². The first-order chi connectivity index (χ1) is 11.0. The Kier molecular flexibility index (Phi) is 3.77. The number of fused-ring (bicyclic) bond motifs is 1. The number of benzene rings is 1. The minimum Gasteiger partial charge on any atom is -0.364 e. The Bertz CT molecular complexity index is 919. The number of hydrogen-bond donors (Lipinski definition) is 1. The van der Waals surface area contributed by atoms with Crippen molar-refractivity contribution in [2.24, 2.45) is 7.05 Å². The van der Waals surface area contributed by atoms with Gasteiger partial charge < -0.3 is 14.4 Å². The number of aromatic amines is 1. The van der Waals surface area contributed by atoms with Crippen LogP contribution in [0.25, 0.3) is 11.0 Å². The molecule has 0 radical (unpaired) electrons. The molecule has 23 heavy (non-hydrogen) atoms. The number of aryl methyl sites for hydroxylation is 2. The van der Waals surface area contributed by atoms with Crippen LogP contribution in [0, 0.1) is 0 Å². The maximum Gasteiger partial charge on any atom is 0.326 e. The second-order valence-electron chi connectivity index (χ2n) is 5.52. The van der Waals surface area contributed by atoms with Crippen LogP contribution in [0.2, 0.25) is 0 Å². The van der Waals surface area contributed by atoms with Gasteiger partial charge in [-0.15, -0.1) is 0 Å². The molecule has 7 heteroatoms. The fraction of sp³-hybridized carbons (Fsp3) is 0.312. The van der Waals surface area contributed by atoms with Crippen LogP contribution >= 0.6 is 0 Å². The highest BCUT2D eigenvalue weighted by atomic mass is 16.5. The largest absolute Gasteiger partial charge is 0.364 e. The smallest absolute Gasteiger partial charge is 0.326 e. The predicted octanol–water partition coefficient (Wildman–Crippen LogP) is 1.69. The molecule has 2 heterocycles. The summed E-state index contributed by atoms with van der Waals surface area (Å²) in [7, 11) is 3.40. The van der Waals surface area contributed by atoms with Gasteiger partial charge in [-0.25, -0.2) is 4.79 Å². The predicted molar refractivity (Wildman–Crippen MR) is 85.2 cm³/mol. The van der Waals surface area contributed by atoms with Crippen LogP contribution < -0.4 is 5.69 Å². The van der Waals surface area contributed by atoms with Crippen molar-refractivity contribution in [3.05, 3.63) is 51.8 Å². The van der Waals surface area contributed by atoms with Crippen molar-refractivity contribution >= 4 is 16.9 Å². The molecular weight excluding hydrogens is 296 g/mol. The Morgan fingerprint density at radius 3 is 2.96 bits per heavy atom. The molecule has 3 rings (SSSR count). The first kappa shape index (κ1) is 15.1. The standard InChI is InChI=1S/C16H18N4O3/c1-4-12-11(9-23-18-12)8-19(2)15(21)10-5-6-13-14(7-10)20(3)16(22)17-13/h5-7,9H,4,8H2,1-3H3,(H,17,22). The minimum atomic E-state index is -0.199. The maximum absolute atomic E-state index is 12.6. The number of rotatable bonds is 4. The first-order valence-electron chi connectivity index (χ1n) is 7.37. The van der Waals surface area contributed by atoms with Gasteiger partial charge in [-0.1, -0.05) is 12.1 Å². The molecule has 0 aliphatic rings. The van der Waals surface area contributed by atoms with E-state index >= 15 is 0 Å². The van der Waals surface area contributed by atoms with Gasteiger partial charge in [0.25, 0.3) is 5.91 Å². The Balaban J connectivity index is 1.87. The number of hydrogen-bond acceptors (Lipinski definition) is 4. The second kappa shape index (κ2) is 5.75. The van der Waals surface area contributed by atoms with E-state index in [4.69, 9.17) is 4.52 Å². The maximum atomic E-state index is 12.6. The van der Waals surface area contributed by atoms with Gasteiger partial charge >= 0.3 is 5.69 Å². The minimum absolute atomic E-state index is 0.121. The van der Waals surface area contributed by atoms with E-state index in [0.29, 0.717) is 23.1 Å². The van der Waals surface area contributed by atoms with E-state index < -0.39 is 0 Å². The molecule has 2 aromatic heterocycles. The van der Waals surface area contributed by atoms with E-state index in [9.17, 15) is 9.59 Å². The molecule has 7 nitrogen and oxygen atoms in total. The zero-order valence-electron chi connectivity index (χ0n) is 13.3. The molecule has 0 unspecified atom stereocenters. The number of nitrogens with zero attached hydrogens (tertiary/aromatic N) is 3. The molecule has 120 valence electrons. The number of imidazole rings is 1. The summed E-state index contributed by atoms with van der Waals surface area (Å²) in [5.74, 6) is -0.121. The average molecular weight is 314 g/mol. The fourth-order valence-corrected chi connectivity index (χ4v) is 2.60. The van der Waals surface area contributed by atoms with Gasteiger partial charge in [0.1, 0.15) is 6.26 Å². The number of aromatic nitrogens is 3. The van der Waals surface area contributed by atoms with Gasteiger partial charge in [-0.2, -0.15) is 0 Å². The molecule has 3 aromatic rings. The van der Waals surface area contributed by atoms with Gasteiger partial charge in [-0.05, 0) is 24.6 Å². The molecule has 0 atom stereocenters. The van der Waals surface area contributed by atoms with Gasteiger partial charge in [-0.3, -0.25) is 9.36 Å². The van der Waals surface area contributed by atoms with E-state index in [2.05, 4.69) is 10.1 Å². The molecule has 0 aliphatic heterocycles. The highest BCUT2D eigenvalue weighted by molar-refractivity contribution is 5.97. The number of carbonyl (C=O) groups is 1. The summed E-state index contributed by atoms with van der Waals surface area (Å²) in [4.78, 5) is 28.6. The fourth-order valence-electron chi connectivity index (χ4n) is 2.60. The average Bonchev–Trinajstić information content (AvgIpc) is 3.11. The quantitative estimate of drug-likeness (QED) is 0.794. The van der Waals surface area contributed by atoms with Crippen molar-refractivity contribution in [2.45, 2.75) is 19.9 Å². The summed E-state index contributed by atoms with van der Waals surface area (Å²) in [6.45, 7) is 2.42. The summed E-state index contributed by atoms with van der Waals surface area (Å²) in [6.07, 6.45) is 2.33. The van der Waals surface area contributed by atoms with Gasteiger partial charge in [0.2, 0.25) is 0 Å². The SMILES string of the molecule is CCc1nocc1CN(C)C(=O)c1ccc2[nH]c(=O)n(C)c2c1. The molecule has 0 saturated heterocycles.